The van der Waals surface area contributed by atoms with Gasteiger partial charge >= 0.3 is 17.9 Å². The van der Waals surface area contributed by atoms with Gasteiger partial charge in [-0.05, 0) is 39.2 Å². The van der Waals surface area contributed by atoms with E-state index < -0.39 is 48.1 Å². The lowest BCUT2D eigenvalue weighted by molar-refractivity contribution is -0.337. The van der Waals surface area contributed by atoms with E-state index in [-0.39, 0.29) is 32.7 Å². The Balaban J connectivity index is -0.000000892. The number of allylic oxidation sites excluding steroid dienone is 1. The highest BCUT2D eigenvalue weighted by molar-refractivity contribution is 5.83. The molecule has 1 heterocycles. The predicted octanol–water partition coefficient (Wildman–Crippen LogP) is 4.86. The Bertz CT molecular complexity index is 837. The summed E-state index contributed by atoms with van der Waals surface area (Å²) in [6.07, 6.45) is 7.23. The second kappa shape index (κ2) is 24.8. The smallest absolute Gasteiger partial charge is 0.330 e. The molecule has 1 aliphatic rings. The molecule has 11 nitrogen and oxygen atoms in total. The highest BCUT2D eigenvalue weighted by Crippen LogP contribution is 2.46. The van der Waals surface area contributed by atoms with E-state index in [1.807, 2.05) is 6.92 Å². The van der Waals surface area contributed by atoms with Crippen molar-refractivity contribution in [1.82, 2.24) is 0 Å². The van der Waals surface area contributed by atoms with Crippen LogP contribution in [0.25, 0.3) is 0 Å². The third-order valence-electron chi connectivity index (χ3n) is 6.48. The Morgan fingerprint density at radius 3 is 2.12 bits per heavy atom. The first kappa shape index (κ1) is 44.8. The maximum atomic E-state index is 12.1. The van der Waals surface area contributed by atoms with E-state index in [1.54, 1.807) is 26.8 Å². The van der Waals surface area contributed by atoms with Gasteiger partial charge in [-0.15, -0.1) is 6.58 Å². The van der Waals surface area contributed by atoms with Crippen LogP contribution in [0.4, 0.5) is 0 Å². The van der Waals surface area contributed by atoms with E-state index in [9.17, 15) is 24.3 Å². The molecule has 1 rings (SSSR count). The molecule has 0 aromatic heterocycles. The summed E-state index contributed by atoms with van der Waals surface area (Å²) in [6, 6.07) is 0. The SMILES string of the molecule is C.C=CC.CCC(=O)O[C@H]1/C(=C/C(=O)OC)C[C@@H](CC(O)CO)O[C@@]1(OC)C(C)(C)C=O.CCCCCCCC(=O)OC. The predicted molar refractivity (Wildman–Crippen MR) is 165 cm³/mol. The minimum Gasteiger partial charge on any atom is -0.469 e. The van der Waals surface area contributed by atoms with Crippen molar-refractivity contribution in [2.24, 2.45) is 5.41 Å². The van der Waals surface area contributed by atoms with Gasteiger partial charge in [-0.25, -0.2) is 4.79 Å². The van der Waals surface area contributed by atoms with Crippen molar-refractivity contribution in [3.63, 3.8) is 0 Å². The van der Waals surface area contributed by atoms with Crippen molar-refractivity contribution in [2.45, 2.75) is 124 Å². The number of carbonyl (C=O) groups excluding carboxylic acids is 4. The Morgan fingerprint density at radius 2 is 1.67 bits per heavy atom. The molecule has 1 fully saturated rings. The van der Waals surface area contributed by atoms with Gasteiger partial charge in [0.15, 0.2) is 6.10 Å². The average molecular weight is 619 g/mol. The van der Waals surface area contributed by atoms with Gasteiger partial charge in [-0.1, -0.05) is 53.0 Å². The highest BCUT2D eigenvalue weighted by atomic mass is 16.7. The standard InChI is InChI=1S/C19H30O9.C9H18O2.C3H6.CH4/c1-6-15(23)27-17-12(8-16(24)25-4)7-14(9-13(22)10-20)28-19(17,26-5)18(2,3)11-21;1-3-4-5-6-7-8-9(10)11-2;1-3-2;/h8,11,13-14,17,20,22H,6-7,9-10H2,1-5H3;3-8H2,1-2H3;3H,1H2,2H3;1H4/b12-8+;;;/t13?,14-,17-,19+;;;/m0.../s1. The number of hydrogen-bond acceptors (Lipinski definition) is 11. The number of hydrogen-bond donors (Lipinski definition) is 2. The number of unbranched alkanes of at least 4 members (excludes halogenated alkanes) is 4. The van der Waals surface area contributed by atoms with Crippen LogP contribution in [-0.2, 0) is 42.9 Å². The first-order valence-corrected chi connectivity index (χ1v) is 14.4. The highest BCUT2D eigenvalue weighted by Gasteiger charge is 2.60. The molecule has 0 aromatic carbocycles. The van der Waals surface area contributed by atoms with Crippen molar-refractivity contribution in [1.29, 1.82) is 0 Å². The van der Waals surface area contributed by atoms with Gasteiger partial charge in [0.05, 0.1) is 38.4 Å². The van der Waals surface area contributed by atoms with Crippen LogP contribution in [0.3, 0.4) is 0 Å². The molecule has 252 valence electrons. The molecule has 0 spiro atoms. The lowest BCUT2D eigenvalue weighted by Crippen LogP contribution is -2.64. The number of aldehydes is 1. The summed E-state index contributed by atoms with van der Waals surface area (Å²) in [4.78, 5) is 46.5. The van der Waals surface area contributed by atoms with E-state index in [1.165, 1.54) is 46.7 Å². The monoisotopic (exact) mass is 618 g/mol. The van der Waals surface area contributed by atoms with Crippen molar-refractivity contribution >= 4 is 24.2 Å². The first-order valence-electron chi connectivity index (χ1n) is 14.4. The van der Waals surface area contributed by atoms with Crippen LogP contribution >= 0.6 is 0 Å². The molecule has 11 heteroatoms. The van der Waals surface area contributed by atoms with Crippen molar-refractivity contribution in [3.8, 4) is 0 Å². The second-order valence-electron chi connectivity index (χ2n) is 10.3. The van der Waals surface area contributed by atoms with Gasteiger partial charge in [0.1, 0.15) is 6.29 Å². The fraction of sp³-hybridized carbons (Fsp3) is 0.750. The van der Waals surface area contributed by atoms with Crippen LogP contribution in [0.15, 0.2) is 24.3 Å². The van der Waals surface area contributed by atoms with Crippen LogP contribution in [-0.4, -0.2) is 86.4 Å². The zero-order chi connectivity index (χ0) is 32.8. The molecule has 1 unspecified atom stereocenters. The minimum absolute atomic E-state index is 0. The molecule has 4 atom stereocenters. The van der Waals surface area contributed by atoms with Crippen molar-refractivity contribution < 1.29 is 53.1 Å². The second-order valence-corrected chi connectivity index (χ2v) is 10.3. The Hall–Kier alpha value is -2.60. The zero-order valence-corrected chi connectivity index (χ0v) is 26.8. The Labute approximate surface area is 258 Å². The topological polar surface area (TPSA) is 155 Å². The van der Waals surface area contributed by atoms with Gasteiger partial charge in [0, 0.05) is 32.4 Å². The Kier molecular flexibility index (Phi) is 25.9. The lowest BCUT2D eigenvalue weighted by atomic mass is 9.75. The van der Waals surface area contributed by atoms with E-state index in [0.29, 0.717) is 18.3 Å². The third kappa shape index (κ3) is 16.2. The molecule has 43 heavy (non-hydrogen) atoms. The number of methoxy groups -OCH3 is 3. The summed E-state index contributed by atoms with van der Waals surface area (Å²) >= 11 is 0. The summed E-state index contributed by atoms with van der Waals surface area (Å²) in [5.41, 5.74) is -0.967. The van der Waals surface area contributed by atoms with Gasteiger partial charge in [0.2, 0.25) is 5.79 Å². The van der Waals surface area contributed by atoms with Crippen LogP contribution < -0.4 is 0 Å². The molecule has 0 radical (unpaired) electrons. The number of carbonyl (C=O) groups is 4. The largest absolute Gasteiger partial charge is 0.469 e. The Morgan fingerprint density at radius 1 is 1.09 bits per heavy atom. The molecule has 0 aromatic rings. The molecule has 0 aliphatic carbocycles. The fourth-order valence-electron chi connectivity index (χ4n) is 4.15. The van der Waals surface area contributed by atoms with Crippen LogP contribution in [0, 0.1) is 5.41 Å². The van der Waals surface area contributed by atoms with E-state index in [4.69, 9.17) is 19.3 Å². The molecular formula is C32H58O11. The molecular weight excluding hydrogens is 560 g/mol. The number of aliphatic hydroxyl groups is 2. The average Bonchev–Trinajstić information content (AvgIpc) is 2.98. The van der Waals surface area contributed by atoms with Crippen molar-refractivity contribution in [2.75, 3.05) is 27.9 Å². The number of aliphatic hydroxyl groups excluding tert-OH is 2. The summed E-state index contributed by atoms with van der Waals surface area (Å²) in [5.74, 6) is -3.08. The number of rotatable bonds is 15. The molecule has 0 bridgehead atoms. The number of ether oxygens (including phenoxy) is 5. The minimum atomic E-state index is -1.75. The summed E-state index contributed by atoms with van der Waals surface area (Å²) < 4.78 is 26.4. The van der Waals surface area contributed by atoms with E-state index in [2.05, 4.69) is 23.0 Å². The van der Waals surface area contributed by atoms with Gasteiger partial charge in [0.25, 0.3) is 0 Å². The quantitative estimate of drug-likeness (QED) is 0.0646. The molecule has 0 saturated carbocycles. The maximum absolute atomic E-state index is 12.1. The normalized spacial score (nSPS) is 20.9. The van der Waals surface area contributed by atoms with Crippen LogP contribution in [0.2, 0.25) is 0 Å². The number of esters is 3. The van der Waals surface area contributed by atoms with E-state index >= 15 is 0 Å². The molecule has 0 amide bonds. The van der Waals surface area contributed by atoms with Gasteiger partial charge < -0.3 is 38.7 Å². The van der Waals surface area contributed by atoms with Gasteiger partial charge in [-0.2, -0.15) is 0 Å². The van der Waals surface area contributed by atoms with Crippen LogP contribution in [0.1, 0.15) is 99.8 Å². The molecule has 1 saturated heterocycles. The summed E-state index contributed by atoms with van der Waals surface area (Å²) in [6.45, 7) is 11.7. The van der Waals surface area contributed by atoms with Crippen LogP contribution in [0.5, 0.6) is 0 Å². The van der Waals surface area contributed by atoms with E-state index in [0.717, 1.165) is 12.8 Å². The lowest BCUT2D eigenvalue weighted by Gasteiger charge is -2.51. The van der Waals surface area contributed by atoms with Gasteiger partial charge in [-0.3, -0.25) is 9.59 Å². The zero-order valence-electron chi connectivity index (χ0n) is 26.8. The third-order valence-corrected chi connectivity index (χ3v) is 6.48. The maximum Gasteiger partial charge on any atom is 0.330 e. The fourth-order valence-corrected chi connectivity index (χ4v) is 4.15. The summed E-state index contributed by atoms with van der Waals surface area (Å²) in [7, 11) is 3.95. The van der Waals surface area contributed by atoms with Crippen molar-refractivity contribution in [3.05, 3.63) is 24.3 Å². The molecule has 1 aliphatic heterocycles. The first-order chi connectivity index (χ1) is 19.8. The molecule has 2 N–H and O–H groups in total. The summed E-state index contributed by atoms with van der Waals surface area (Å²) in [5, 5.41) is 19.0.